The molecule has 6 rings (SSSR count). The summed E-state index contributed by atoms with van der Waals surface area (Å²) in [6.45, 7) is 0. The molecule has 8 atom stereocenters. The van der Waals surface area contributed by atoms with E-state index >= 15 is 0 Å². The molecule has 0 aromatic rings. The van der Waals surface area contributed by atoms with E-state index in [1.807, 2.05) is 0 Å². The summed E-state index contributed by atoms with van der Waals surface area (Å²) >= 11 is 65.7. The molecule has 6 saturated carbocycles. The molecule has 21 heavy (non-hydrogen) atoms. The lowest BCUT2D eigenvalue weighted by Crippen LogP contribution is -3.03. The fraction of sp³-hybridized carbons (Fsp3) is 0.900. The second-order valence-corrected chi connectivity index (χ2v) is 12.0. The molecule has 0 amide bonds. The number of hydrogen-bond donors (Lipinski definition) is 0. The highest BCUT2D eigenvalue weighted by Gasteiger charge is 3.30. The van der Waals surface area contributed by atoms with Crippen molar-refractivity contribution in [3.05, 3.63) is 0 Å². The van der Waals surface area contributed by atoms with Crippen LogP contribution >= 0.6 is 116 Å². The van der Waals surface area contributed by atoms with Crippen molar-refractivity contribution < 1.29 is 4.79 Å². The monoisotopic (exact) mass is 486 g/mol. The fourth-order valence-electron chi connectivity index (χ4n) is 5.64. The van der Waals surface area contributed by atoms with Crippen LogP contribution in [0.3, 0.4) is 0 Å². The topological polar surface area (TPSA) is 17.1 Å². The smallest absolute Gasteiger partial charge is 0.182 e. The molecule has 1 nitrogen and oxygen atoms in total. The first kappa shape index (κ1) is 15.8. The molecule has 4 unspecified atom stereocenters. The number of carbonyl (C=O) groups excluding carboxylic acids is 1. The standard InChI is InChI=1S/C10Cl10O/c11-2-1(21)3(12)6(15)4(2,13)8(17)5(2,14)7(3,16)9(6,18)10(8,19)20/t2?,3?,4-,5-,6-,7+,8?,9?/m0/s1. The van der Waals surface area contributed by atoms with Gasteiger partial charge >= 0.3 is 0 Å². The van der Waals surface area contributed by atoms with Gasteiger partial charge in [0.05, 0.1) is 0 Å². The number of halogens is 10. The molecule has 6 aliphatic rings. The van der Waals surface area contributed by atoms with Crippen LogP contribution in [0.4, 0.5) is 0 Å². The van der Waals surface area contributed by atoms with Crippen LogP contribution in [0.5, 0.6) is 0 Å². The van der Waals surface area contributed by atoms with E-state index in [1.165, 1.54) is 0 Å². The van der Waals surface area contributed by atoms with Crippen molar-refractivity contribution in [2.75, 3.05) is 0 Å². The molecule has 0 aliphatic heterocycles. The van der Waals surface area contributed by atoms with Gasteiger partial charge in [-0.3, -0.25) is 4.79 Å². The number of hydrogen-bond acceptors (Lipinski definition) is 1. The second-order valence-electron chi connectivity index (χ2n) is 6.17. The number of alkyl halides is 10. The van der Waals surface area contributed by atoms with E-state index in [9.17, 15) is 4.79 Å². The Bertz CT molecular complexity index is 631. The van der Waals surface area contributed by atoms with Gasteiger partial charge in [0.15, 0.2) is 19.9 Å². The van der Waals surface area contributed by atoms with Crippen LogP contribution in [-0.2, 0) is 4.79 Å². The summed E-state index contributed by atoms with van der Waals surface area (Å²) in [7, 11) is 0. The Morgan fingerprint density at radius 2 is 0.714 bits per heavy atom. The summed E-state index contributed by atoms with van der Waals surface area (Å²) in [5, 5.41) is 0. The SMILES string of the molecule is O=C1C2(Cl)[C@@]3(Cl)C4(Cl)C(Cl)(Cl)C5(Cl)[C@]3(Cl)C1(Cl)[C@@]5(Cl)[C@@]24Cl. The molecule has 11 heteroatoms. The summed E-state index contributed by atoms with van der Waals surface area (Å²) in [5.41, 5.74) is 0. The third kappa shape index (κ3) is 0.636. The summed E-state index contributed by atoms with van der Waals surface area (Å²) < 4.78 is -1.94. The first-order chi connectivity index (χ1) is 9.15. The molecule has 4 bridgehead atoms. The fourth-order valence-corrected chi connectivity index (χ4v) is 14.0. The van der Waals surface area contributed by atoms with Gasteiger partial charge in [-0.25, -0.2) is 0 Å². The van der Waals surface area contributed by atoms with E-state index in [1.54, 1.807) is 0 Å². The van der Waals surface area contributed by atoms with Crippen molar-refractivity contribution in [2.45, 2.75) is 43.3 Å². The van der Waals surface area contributed by atoms with Crippen molar-refractivity contribution in [3.8, 4) is 0 Å². The van der Waals surface area contributed by atoms with Gasteiger partial charge in [-0.2, -0.15) is 0 Å². The predicted molar refractivity (Wildman–Crippen MR) is 88.1 cm³/mol. The zero-order chi connectivity index (χ0) is 16.1. The molecule has 0 saturated heterocycles. The Morgan fingerprint density at radius 3 is 0.952 bits per heavy atom. The van der Waals surface area contributed by atoms with E-state index in [0.29, 0.717) is 0 Å². The molecular formula is C10Cl10O. The van der Waals surface area contributed by atoms with Crippen LogP contribution in [0.2, 0.25) is 0 Å². The van der Waals surface area contributed by atoms with Crippen molar-refractivity contribution >= 4 is 122 Å². The summed E-state index contributed by atoms with van der Waals surface area (Å²) in [6, 6.07) is 0. The van der Waals surface area contributed by atoms with Gasteiger partial charge < -0.3 is 0 Å². The van der Waals surface area contributed by atoms with Crippen LogP contribution in [-0.4, -0.2) is 49.1 Å². The Kier molecular flexibility index (Phi) is 2.23. The number of carbonyl (C=O) groups is 1. The molecule has 0 radical (unpaired) electrons. The molecule has 6 fully saturated rings. The number of ketones is 1. The lowest BCUT2D eigenvalue weighted by molar-refractivity contribution is -0.122. The minimum atomic E-state index is -1.94. The van der Waals surface area contributed by atoms with E-state index in [2.05, 4.69) is 0 Å². The molecule has 0 spiro atoms. The maximum Gasteiger partial charge on any atom is 0.182 e. The van der Waals surface area contributed by atoms with Crippen LogP contribution in [0.1, 0.15) is 0 Å². The van der Waals surface area contributed by atoms with Gasteiger partial charge in [0.2, 0.25) is 0 Å². The lowest BCUT2D eigenvalue weighted by Gasteiger charge is -2.80. The molecular weight excluding hydrogens is 491 g/mol. The van der Waals surface area contributed by atoms with Gasteiger partial charge in [0, 0.05) is 0 Å². The van der Waals surface area contributed by atoms with Crippen molar-refractivity contribution in [2.24, 2.45) is 0 Å². The van der Waals surface area contributed by atoms with Crippen molar-refractivity contribution in [1.82, 2.24) is 0 Å². The Hall–Kier alpha value is 2.57. The first-order valence-corrected chi connectivity index (χ1v) is 9.37. The van der Waals surface area contributed by atoms with Crippen LogP contribution < -0.4 is 0 Å². The van der Waals surface area contributed by atoms with Gasteiger partial charge in [0.1, 0.15) is 29.2 Å². The maximum atomic E-state index is 12.8. The number of rotatable bonds is 0. The Labute approximate surface area is 168 Å². The third-order valence-corrected chi connectivity index (χ3v) is 15.3. The first-order valence-electron chi connectivity index (χ1n) is 5.59. The normalized spacial score (nSPS) is 81.0. The van der Waals surface area contributed by atoms with Gasteiger partial charge in [-0.1, -0.05) is 23.2 Å². The van der Waals surface area contributed by atoms with E-state index in [-0.39, 0.29) is 0 Å². The zero-order valence-electron chi connectivity index (χ0n) is 9.19. The molecule has 0 aromatic carbocycles. The highest BCUT2D eigenvalue weighted by Crippen LogP contribution is 3.09. The zero-order valence-corrected chi connectivity index (χ0v) is 16.7. The largest absolute Gasteiger partial charge is 0.295 e. The average Bonchev–Trinajstić information content (AvgIpc) is 2.64. The third-order valence-electron chi connectivity index (χ3n) is 6.24. The van der Waals surface area contributed by atoms with Crippen LogP contribution in [0.15, 0.2) is 0 Å². The molecule has 0 aromatic heterocycles. The molecule has 0 N–H and O–H groups in total. The summed E-state index contributed by atoms with van der Waals surface area (Å²) in [6.07, 6.45) is 0. The highest BCUT2D eigenvalue weighted by atomic mass is 35.5. The highest BCUT2D eigenvalue weighted by molar-refractivity contribution is 6.83. The van der Waals surface area contributed by atoms with Gasteiger partial charge in [-0.05, 0) is 0 Å². The Morgan fingerprint density at radius 1 is 0.476 bits per heavy atom. The number of Topliss-reactive ketones (excluding diaryl/α,β-unsaturated/α-hetero) is 1. The minimum Gasteiger partial charge on any atom is -0.295 e. The minimum absolute atomic E-state index is 0.690. The summed E-state index contributed by atoms with van der Waals surface area (Å²) in [5.74, 6) is -0.690. The van der Waals surface area contributed by atoms with E-state index < -0.39 is 49.1 Å². The second kappa shape index (κ2) is 2.96. The summed E-state index contributed by atoms with van der Waals surface area (Å²) in [4.78, 5) is -2.01. The van der Waals surface area contributed by atoms with Gasteiger partial charge in [0.25, 0.3) is 0 Å². The molecule has 6 aliphatic carbocycles. The Balaban J connectivity index is 2.08. The van der Waals surface area contributed by atoms with Gasteiger partial charge in [-0.15, -0.1) is 92.8 Å². The quantitative estimate of drug-likeness (QED) is 0.453. The lowest BCUT2D eigenvalue weighted by atomic mass is 9.41. The maximum absolute atomic E-state index is 12.8. The molecule has 0 heterocycles. The predicted octanol–water partition coefficient (Wildman–Crippen LogP) is 4.62. The van der Waals surface area contributed by atoms with Crippen LogP contribution in [0, 0.1) is 0 Å². The average molecular weight is 491 g/mol. The van der Waals surface area contributed by atoms with E-state index in [0.717, 1.165) is 0 Å². The molecule has 116 valence electrons. The van der Waals surface area contributed by atoms with Crippen molar-refractivity contribution in [1.29, 1.82) is 0 Å². The van der Waals surface area contributed by atoms with Crippen molar-refractivity contribution in [3.63, 3.8) is 0 Å². The van der Waals surface area contributed by atoms with Crippen LogP contribution in [0.25, 0.3) is 0 Å². The van der Waals surface area contributed by atoms with E-state index in [4.69, 9.17) is 116 Å².